The van der Waals surface area contributed by atoms with Gasteiger partial charge >= 0.3 is 6.18 Å². The number of hydrogen-bond donors (Lipinski definition) is 0. The lowest BCUT2D eigenvalue weighted by molar-refractivity contribution is -0.153. The van der Waals surface area contributed by atoms with Crippen LogP contribution in [0.1, 0.15) is 5.69 Å². The number of aryl methyl sites for hydroxylation is 1. The highest BCUT2D eigenvalue weighted by molar-refractivity contribution is 7.11. The fourth-order valence-corrected chi connectivity index (χ4v) is 1.19. The van der Waals surface area contributed by atoms with E-state index in [2.05, 4.69) is 9.72 Å². The third-order valence-electron chi connectivity index (χ3n) is 0.957. The molecule has 1 aromatic rings. The SMILES string of the molecule is Cc1csc(OCC(F)(F)F)n1. The van der Waals surface area contributed by atoms with Crippen LogP contribution in [-0.4, -0.2) is 17.8 Å². The van der Waals surface area contributed by atoms with Crippen molar-refractivity contribution in [3.05, 3.63) is 11.1 Å². The van der Waals surface area contributed by atoms with E-state index in [1.54, 1.807) is 12.3 Å². The van der Waals surface area contributed by atoms with Crippen LogP contribution >= 0.6 is 11.3 Å². The molecule has 0 aliphatic carbocycles. The third-order valence-corrected chi connectivity index (χ3v) is 1.83. The molecule has 0 spiro atoms. The average molecular weight is 197 g/mol. The van der Waals surface area contributed by atoms with Gasteiger partial charge in [0.2, 0.25) is 0 Å². The maximum Gasteiger partial charge on any atom is 0.422 e. The molecule has 1 heterocycles. The van der Waals surface area contributed by atoms with Crippen LogP contribution in [0.15, 0.2) is 5.38 Å². The van der Waals surface area contributed by atoms with Crippen molar-refractivity contribution in [3.8, 4) is 5.19 Å². The van der Waals surface area contributed by atoms with E-state index in [1.807, 2.05) is 0 Å². The molecule has 0 atom stereocenters. The number of halogens is 3. The Labute approximate surface area is 71.0 Å². The Morgan fingerprint density at radius 3 is 2.67 bits per heavy atom. The Kier molecular flexibility index (Phi) is 2.56. The topological polar surface area (TPSA) is 22.1 Å². The van der Waals surface area contributed by atoms with Gasteiger partial charge in [-0.15, -0.1) is 0 Å². The predicted molar refractivity (Wildman–Crippen MR) is 38.4 cm³/mol. The summed E-state index contributed by atoms with van der Waals surface area (Å²) < 4.78 is 39.2. The summed E-state index contributed by atoms with van der Waals surface area (Å²) in [5, 5.41) is 1.69. The molecule has 12 heavy (non-hydrogen) atoms. The minimum Gasteiger partial charge on any atom is -0.460 e. The third kappa shape index (κ3) is 3.08. The van der Waals surface area contributed by atoms with Crippen LogP contribution in [0.5, 0.6) is 5.19 Å². The Morgan fingerprint density at radius 1 is 1.58 bits per heavy atom. The van der Waals surface area contributed by atoms with E-state index in [0.29, 0.717) is 5.69 Å². The van der Waals surface area contributed by atoms with E-state index in [1.165, 1.54) is 0 Å². The predicted octanol–water partition coefficient (Wildman–Crippen LogP) is 2.39. The number of aromatic nitrogens is 1. The van der Waals surface area contributed by atoms with Crippen molar-refractivity contribution in [2.75, 3.05) is 6.61 Å². The van der Waals surface area contributed by atoms with E-state index < -0.39 is 12.8 Å². The van der Waals surface area contributed by atoms with E-state index in [0.717, 1.165) is 11.3 Å². The smallest absolute Gasteiger partial charge is 0.422 e. The summed E-state index contributed by atoms with van der Waals surface area (Å²) in [7, 11) is 0. The van der Waals surface area contributed by atoms with Crippen molar-refractivity contribution < 1.29 is 17.9 Å². The minimum absolute atomic E-state index is 0.0600. The van der Waals surface area contributed by atoms with Gasteiger partial charge in [0.15, 0.2) is 6.61 Å². The Bertz CT molecular complexity index is 258. The molecule has 2 nitrogen and oxygen atoms in total. The fourth-order valence-electron chi connectivity index (χ4n) is 0.542. The zero-order valence-electron chi connectivity index (χ0n) is 6.18. The molecule has 0 amide bonds. The number of alkyl halides is 3. The fraction of sp³-hybridized carbons (Fsp3) is 0.500. The largest absolute Gasteiger partial charge is 0.460 e. The summed E-state index contributed by atoms with van der Waals surface area (Å²) in [6.45, 7) is 0.414. The first kappa shape index (κ1) is 9.31. The highest BCUT2D eigenvalue weighted by Gasteiger charge is 2.28. The van der Waals surface area contributed by atoms with E-state index in [-0.39, 0.29) is 5.19 Å². The Morgan fingerprint density at radius 2 is 2.25 bits per heavy atom. The Hall–Kier alpha value is -0.780. The van der Waals surface area contributed by atoms with Gasteiger partial charge in [-0.3, -0.25) is 0 Å². The zero-order chi connectivity index (χ0) is 9.19. The zero-order valence-corrected chi connectivity index (χ0v) is 7.00. The average Bonchev–Trinajstić information content (AvgIpc) is 2.30. The van der Waals surface area contributed by atoms with Gasteiger partial charge in [0, 0.05) is 5.38 Å². The molecule has 0 saturated carbocycles. The van der Waals surface area contributed by atoms with Crippen molar-refractivity contribution in [1.29, 1.82) is 0 Å². The first-order chi connectivity index (χ1) is 5.47. The number of nitrogens with zero attached hydrogens (tertiary/aromatic N) is 1. The van der Waals surface area contributed by atoms with Gasteiger partial charge in [0.25, 0.3) is 5.19 Å². The van der Waals surface area contributed by atoms with Crippen LogP contribution in [-0.2, 0) is 0 Å². The monoisotopic (exact) mass is 197 g/mol. The van der Waals surface area contributed by atoms with Crippen molar-refractivity contribution in [1.82, 2.24) is 4.98 Å². The standard InChI is InChI=1S/C6H6F3NOS/c1-4-2-12-5(10-4)11-3-6(7,8)9/h2H,3H2,1H3. The normalized spacial score (nSPS) is 11.7. The maximum absolute atomic E-state index is 11.6. The van der Waals surface area contributed by atoms with Crippen molar-refractivity contribution >= 4 is 11.3 Å². The van der Waals surface area contributed by atoms with E-state index in [4.69, 9.17) is 0 Å². The lowest BCUT2D eigenvalue weighted by Crippen LogP contribution is -2.19. The van der Waals surface area contributed by atoms with Crippen LogP contribution in [0, 0.1) is 6.92 Å². The molecule has 1 rings (SSSR count). The summed E-state index contributed by atoms with van der Waals surface area (Å²) in [4.78, 5) is 3.71. The van der Waals surface area contributed by atoms with Crippen molar-refractivity contribution in [3.63, 3.8) is 0 Å². The van der Waals surface area contributed by atoms with Gasteiger partial charge in [-0.1, -0.05) is 11.3 Å². The number of thiazole rings is 1. The molecule has 6 heteroatoms. The van der Waals surface area contributed by atoms with Gasteiger partial charge < -0.3 is 4.74 Å². The molecular weight excluding hydrogens is 191 g/mol. The van der Waals surface area contributed by atoms with Gasteiger partial charge in [0.05, 0.1) is 5.69 Å². The molecular formula is C6H6F3NOS. The molecule has 0 bridgehead atoms. The lowest BCUT2D eigenvalue weighted by atomic mass is 10.6. The van der Waals surface area contributed by atoms with Crippen LogP contribution in [0.2, 0.25) is 0 Å². The number of rotatable bonds is 2. The number of ether oxygens (including phenoxy) is 1. The van der Waals surface area contributed by atoms with Crippen molar-refractivity contribution in [2.24, 2.45) is 0 Å². The second kappa shape index (κ2) is 3.30. The van der Waals surface area contributed by atoms with Gasteiger partial charge in [-0.25, -0.2) is 4.98 Å². The van der Waals surface area contributed by atoms with Crippen LogP contribution < -0.4 is 4.74 Å². The molecule has 0 radical (unpaired) electrons. The highest BCUT2D eigenvalue weighted by Crippen LogP contribution is 2.21. The lowest BCUT2D eigenvalue weighted by Gasteiger charge is -2.05. The highest BCUT2D eigenvalue weighted by atomic mass is 32.1. The molecule has 0 fully saturated rings. The van der Waals surface area contributed by atoms with Gasteiger partial charge in [-0.2, -0.15) is 13.2 Å². The molecule has 68 valence electrons. The summed E-state index contributed by atoms with van der Waals surface area (Å²) in [6.07, 6.45) is -4.29. The molecule has 0 aromatic carbocycles. The quantitative estimate of drug-likeness (QED) is 0.726. The molecule has 0 saturated heterocycles. The summed E-state index contributed by atoms with van der Waals surface area (Å²) in [6, 6.07) is 0. The summed E-state index contributed by atoms with van der Waals surface area (Å²) in [5.41, 5.74) is 0.664. The van der Waals surface area contributed by atoms with E-state index >= 15 is 0 Å². The second-order valence-corrected chi connectivity index (χ2v) is 2.98. The molecule has 0 N–H and O–H groups in total. The summed E-state index contributed by atoms with van der Waals surface area (Å²) >= 11 is 1.06. The molecule has 0 aliphatic heterocycles. The van der Waals surface area contributed by atoms with Gasteiger partial charge in [0.1, 0.15) is 0 Å². The van der Waals surface area contributed by atoms with Crippen LogP contribution in [0.25, 0.3) is 0 Å². The second-order valence-electron chi connectivity index (χ2n) is 2.16. The van der Waals surface area contributed by atoms with Crippen LogP contribution in [0.4, 0.5) is 13.2 Å². The van der Waals surface area contributed by atoms with Crippen molar-refractivity contribution in [2.45, 2.75) is 13.1 Å². The minimum atomic E-state index is -4.29. The summed E-state index contributed by atoms with van der Waals surface area (Å²) in [5.74, 6) is 0. The first-order valence-corrected chi connectivity index (χ1v) is 3.97. The van der Waals surface area contributed by atoms with E-state index in [9.17, 15) is 13.2 Å². The number of hydrogen-bond acceptors (Lipinski definition) is 3. The molecule has 1 aromatic heterocycles. The van der Waals surface area contributed by atoms with Crippen LogP contribution in [0.3, 0.4) is 0 Å². The van der Waals surface area contributed by atoms with Gasteiger partial charge in [-0.05, 0) is 6.92 Å². The molecule has 0 aliphatic rings. The Balaban J connectivity index is 2.44. The molecule has 0 unspecified atom stereocenters. The first-order valence-electron chi connectivity index (χ1n) is 3.09. The maximum atomic E-state index is 11.6.